The van der Waals surface area contributed by atoms with Gasteiger partial charge in [0.1, 0.15) is 0 Å². The molecule has 2 rings (SSSR count). The van der Waals surface area contributed by atoms with Crippen LogP contribution in [0.1, 0.15) is 19.2 Å². The zero-order valence-electron chi connectivity index (χ0n) is 9.43. The molecule has 1 heterocycles. The van der Waals surface area contributed by atoms with Gasteiger partial charge in [-0.25, -0.2) is 0 Å². The van der Waals surface area contributed by atoms with Crippen LogP contribution in [0.5, 0.6) is 0 Å². The van der Waals surface area contributed by atoms with Crippen molar-refractivity contribution in [1.82, 2.24) is 10.1 Å². The number of rotatable bonds is 4. The number of hydrogen-bond donors (Lipinski definition) is 1. The fourth-order valence-corrected chi connectivity index (χ4v) is 1.66. The molecule has 0 aliphatic rings. The van der Waals surface area contributed by atoms with Crippen molar-refractivity contribution in [3.63, 3.8) is 0 Å². The summed E-state index contributed by atoms with van der Waals surface area (Å²) in [4.78, 5) is 4.25. The molecule has 4 nitrogen and oxygen atoms in total. The van der Waals surface area contributed by atoms with Gasteiger partial charge in [-0.1, -0.05) is 28.0 Å². The van der Waals surface area contributed by atoms with Crippen LogP contribution in [0, 0.1) is 0 Å². The molecule has 17 heavy (non-hydrogen) atoms. The van der Waals surface area contributed by atoms with Crippen molar-refractivity contribution >= 4 is 15.9 Å². The first-order valence-corrected chi connectivity index (χ1v) is 6.25. The van der Waals surface area contributed by atoms with E-state index in [0.29, 0.717) is 24.6 Å². The lowest BCUT2D eigenvalue weighted by molar-refractivity contribution is 0.158. The minimum atomic E-state index is -0.423. The molecule has 0 saturated heterocycles. The maximum atomic E-state index is 9.49. The predicted molar refractivity (Wildman–Crippen MR) is 67.4 cm³/mol. The van der Waals surface area contributed by atoms with Crippen molar-refractivity contribution in [2.75, 3.05) is 0 Å². The Hall–Kier alpha value is -1.20. The normalized spacial score (nSPS) is 12.6. The Morgan fingerprint density at radius 1 is 1.35 bits per heavy atom. The molecule has 1 aromatic heterocycles. The van der Waals surface area contributed by atoms with Crippen LogP contribution in [0.2, 0.25) is 0 Å². The average molecular weight is 297 g/mol. The highest BCUT2D eigenvalue weighted by atomic mass is 79.9. The van der Waals surface area contributed by atoms with Crippen LogP contribution in [0.3, 0.4) is 0 Å². The molecular weight excluding hydrogens is 284 g/mol. The van der Waals surface area contributed by atoms with E-state index in [9.17, 15) is 5.11 Å². The molecule has 2 aromatic rings. The first-order chi connectivity index (χ1) is 8.19. The number of hydrogen-bond acceptors (Lipinski definition) is 4. The van der Waals surface area contributed by atoms with Crippen LogP contribution in [0.15, 0.2) is 33.3 Å². The van der Waals surface area contributed by atoms with E-state index in [1.54, 1.807) is 0 Å². The summed E-state index contributed by atoms with van der Waals surface area (Å²) < 4.78 is 6.09. The van der Waals surface area contributed by atoms with Crippen LogP contribution < -0.4 is 0 Å². The molecule has 5 heteroatoms. The predicted octanol–water partition coefficient (Wildman–Crippen LogP) is 2.81. The van der Waals surface area contributed by atoms with Crippen LogP contribution in [0.4, 0.5) is 0 Å². The zero-order valence-corrected chi connectivity index (χ0v) is 11.0. The molecule has 1 unspecified atom stereocenters. The third kappa shape index (κ3) is 3.14. The summed E-state index contributed by atoms with van der Waals surface area (Å²) in [6, 6.07) is 7.67. The number of aromatic nitrogens is 2. The van der Waals surface area contributed by atoms with Gasteiger partial charge in [0, 0.05) is 10.0 Å². The van der Waals surface area contributed by atoms with Gasteiger partial charge in [0.25, 0.3) is 0 Å². The summed E-state index contributed by atoms with van der Waals surface area (Å²) in [6.07, 6.45) is 0.656. The smallest absolute Gasteiger partial charge is 0.229 e. The van der Waals surface area contributed by atoms with Gasteiger partial charge in [0.15, 0.2) is 0 Å². The zero-order chi connectivity index (χ0) is 12.3. The quantitative estimate of drug-likeness (QED) is 0.942. The Kier molecular flexibility index (Phi) is 3.91. The van der Waals surface area contributed by atoms with Gasteiger partial charge in [-0.05, 0) is 30.7 Å². The highest BCUT2D eigenvalue weighted by Crippen LogP contribution is 2.19. The Morgan fingerprint density at radius 3 is 2.71 bits per heavy atom. The third-order valence-electron chi connectivity index (χ3n) is 2.45. The third-order valence-corrected chi connectivity index (χ3v) is 2.98. The minimum absolute atomic E-state index is 0.403. The van der Waals surface area contributed by atoms with Crippen LogP contribution in [-0.4, -0.2) is 21.4 Å². The Morgan fingerprint density at radius 2 is 2.06 bits per heavy atom. The topological polar surface area (TPSA) is 59.2 Å². The number of halogens is 1. The number of nitrogens with zero attached hydrogens (tertiary/aromatic N) is 2. The van der Waals surface area contributed by atoms with E-state index in [2.05, 4.69) is 26.1 Å². The first kappa shape index (κ1) is 12.3. The summed E-state index contributed by atoms with van der Waals surface area (Å²) in [5, 5.41) is 13.4. The molecule has 1 aromatic carbocycles. The lowest BCUT2D eigenvalue weighted by Gasteiger charge is -2.01. The lowest BCUT2D eigenvalue weighted by Crippen LogP contribution is -2.08. The molecule has 0 aliphatic heterocycles. The fraction of sp³-hybridized carbons (Fsp3) is 0.333. The number of benzene rings is 1. The highest BCUT2D eigenvalue weighted by Gasteiger charge is 2.11. The van der Waals surface area contributed by atoms with Crippen molar-refractivity contribution in [2.45, 2.75) is 25.9 Å². The van der Waals surface area contributed by atoms with E-state index < -0.39 is 6.10 Å². The van der Waals surface area contributed by atoms with Crippen molar-refractivity contribution in [3.8, 4) is 11.4 Å². The molecule has 0 bridgehead atoms. The summed E-state index contributed by atoms with van der Waals surface area (Å²) in [6.45, 7) is 1.91. The van der Waals surface area contributed by atoms with Crippen LogP contribution >= 0.6 is 15.9 Å². The van der Waals surface area contributed by atoms with Gasteiger partial charge in [-0.3, -0.25) is 0 Å². The molecule has 1 atom stereocenters. The maximum Gasteiger partial charge on any atom is 0.229 e. The summed E-state index contributed by atoms with van der Waals surface area (Å²) in [5.74, 6) is 1.02. The second kappa shape index (κ2) is 5.42. The molecule has 0 spiro atoms. The molecule has 90 valence electrons. The van der Waals surface area contributed by atoms with Gasteiger partial charge in [0.05, 0.1) is 12.5 Å². The van der Waals surface area contributed by atoms with Crippen molar-refractivity contribution in [1.29, 1.82) is 0 Å². The number of aliphatic hydroxyl groups is 1. The van der Waals surface area contributed by atoms with E-state index in [4.69, 9.17) is 4.52 Å². The van der Waals surface area contributed by atoms with Gasteiger partial charge in [-0.2, -0.15) is 4.98 Å². The molecular formula is C12H13BrN2O2. The average Bonchev–Trinajstić information content (AvgIpc) is 2.78. The summed E-state index contributed by atoms with van der Waals surface area (Å²) in [7, 11) is 0. The van der Waals surface area contributed by atoms with Gasteiger partial charge in [-0.15, -0.1) is 0 Å². The first-order valence-electron chi connectivity index (χ1n) is 5.45. The van der Waals surface area contributed by atoms with Crippen molar-refractivity contribution in [2.24, 2.45) is 0 Å². The largest absolute Gasteiger partial charge is 0.393 e. The monoisotopic (exact) mass is 296 g/mol. The van der Waals surface area contributed by atoms with E-state index in [-0.39, 0.29) is 0 Å². The van der Waals surface area contributed by atoms with Crippen molar-refractivity contribution < 1.29 is 9.63 Å². The fourth-order valence-electron chi connectivity index (χ4n) is 1.40. The lowest BCUT2D eigenvalue weighted by atomic mass is 10.2. The molecule has 0 radical (unpaired) electrons. The number of aliphatic hydroxyl groups excluding tert-OH is 1. The highest BCUT2D eigenvalue weighted by molar-refractivity contribution is 9.10. The van der Waals surface area contributed by atoms with Crippen molar-refractivity contribution in [3.05, 3.63) is 34.6 Å². The second-order valence-electron chi connectivity index (χ2n) is 3.78. The molecule has 0 amide bonds. The van der Waals surface area contributed by atoms with Gasteiger partial charge >= 0.3 is 0 Å². The van der Waals surface area contributed by atoms with E-state index in [0.717, 1.165) is 10.0 Å². The van der Waals surface area contributed by atoms with Gasteiger partial charge < -0.3 is 9.63 Å². The standard InChI is InChI=1S/C12H13BrN2O2/c1-2-10(16)7-11-14-12(15-17-11)8-3-5-9(13)6-4-8/h3-6,10,16H,2,7H2,1H3. The molecule has 1 N–H and O–H groups in total. The molecule has 0 saturated carbocycles. The minimum Gasteiger partial charge on any atom is -0.393 e. The second-order valence-corrected chi connectivity index (χ2v) is 4.70. The van der Waals surface area contributed by atoms with Crippen LogP contribution in [-0.2, 0) is 6.42 Å². The van der Waals surface area contributed by atoms with Gasteiger partial charge in [0.2, 0.25) is 11.7 Å². The van der Waals surface area contributed by atoms with E-state index >= 15 is 0 Å². The Balaban J connectivity index is 2.15. The summed E-state index contributed by atoms with van der Waals surface area (Å²) >= 11 is 3.37. The molecule has 0 fully saturated rings. The molecule has 0 aliphatic carbocycles. The Bertz CT molecular complexity index is 482. The maximum absolute atomic E-state index is 9.49. The van der Waals surface area contributed by atoms with E-state index in [1.165, 1.54) is 0 Å². The van der Waals surface area contributed by atoms with E-state index in [1.807, 2.05) is 31.2 Å². The SMILES string of the molecule is CCC(O)Cc1nc(-c2ccc(Br)cc2)no1. The Labute approximate surface area is 108 Å². The summed E-state index contributed by atoms with van der Waals surface area (Å²) in [5.41, 5.74) is 0.897. The van der Waals surface area contributed by atoms with Crippen LogP contribution in [0.25, 0.3) is 11.4 Å².